The highest BCUT2D eigenvalue weighted by molar-refractivity contribution is 5.79. The third-order valence-corrected chi connectivity index (χ3v) is 7.56. The van der Waals surface area contributed by atoms with E-state index in [1.54, 1.807) is 50.1 Å². The van der Waals surface area contributed by atoms with Crippen molar-refractivity contribution < 1.29 is 33.0 Å². The van der Waals surface area contributed by atoms with Gasteiger partial charge in [-0.15, -0.1) is 0 Å². The average molecular weight is 624 g/mol. The van der Waals surface area contributed by atoms with Crippen molar-refractivity contribution in [2.75, 3.05) is 19.6 Å². The fourth-order valence-electron chi connectivity index (χ4n) is 5.39. The molecule has 0 aliphatic carbocycles. The highest BCUT2D eigenvalue weighted by Crippen LogP contribution is 2.29. The number of amides is 3. The molecule has 2 atom stereocenters. The smallest absolute Gasteiger partial charge is 0.410 e. The molecule has 11 nitrogen and oxygen atoms in total. The lowest BCUT2D eigenvalue weighted by atomic mass is 9.98. The maximum Gasteiger partial charge on any atom is 0.410 e. The molecule has 3 amide bonds. The van der Waals surface area contributed by atoms with Crippen LogP contribution in [0.4, 0.5) is 14.0 Å². The zero-order valence-corrected chi connectivity index (χ0v) is 26.5. The zero-order valence-electron chi connectivity index (χ0n) is 26.5. The molecule has 0 radical (unpaired) electrons. The number of rotatable bonds is 8. The third-order valence-electron chi connectivity index (χ3n) is 7.56. The maximum atomic E-state index is 15.6. The van der Waals surface area contributed by atoms with Gasteiger partial charge in [0.1, 0.15) is 23.6 Å². The van der Waals surface area contributed by atoms with Crippen LogP contribution in [0.2, 0.25) is 0 Å². The van der Waals surface area contributed by atoms with Crippen LogP contribution in [0.3, 0.4) is 0 Å². The van der Waals surface area contributed by atoms with Gasteiger partial charge in [-0.1, -0.05) is 12.1 Å². The summed E-state index contributed by atoms with van der Waals surface area (Å²) in [5, 5.41) is 12.1. The van der Waals surface area contributed by atoms with Gasteiger partial charge in [0.05, 0.1) is 24.6 Å². The number of nitrogens with zero attached hydrogens (tertiary/aromatic N) is 4. The van der Waals surface area contributed by atoms with Crippen LogP contribution in [0, 0.1) is 17.1 Å². The lowest BCUT2D eigenvalue weighted by molar-refractivity contribution is -0.131. The van der Waals surface area contributed by atoms with Crippen molar-refractivity contribution in [3.05, 3.63) is 47.9 Å². The van der Waals surface area contributed by atoms with E-state index in [9.17, 15) is 19.6 Å². The number of alkyl carbamates (subject to hydrolysis) is 1. The van der Waals surface area contributed by atoms with Gasteiger partial charge >= 0.3 is 12.2 Å². The predicted octanol–water partition coefficient (Wildman–Crippen LogP) is 5.75. The standard InChI is InChI=1S/C33H42FN5O6/c1-21(2)43-32(42)38-15-12-25(13-16-38)44-29-11-9-23(20-36-29)22-8-10-26(27(34)17-22)28(37-31(41)45-33(3,4)5)18-30(40)39-14-6-7-24(39)19-35/h8-11,17,20-21,24-25,28H,6-7,12-16,18H2,1-5H3,(H,37,41). The van der Waals surface area contributed by atoms with Gasteiger partial charge in [-0.2, -0.15) is 5.26 Å². The van der Waals surface area contributed by atoms with Crippen LogP contribution in [0.25, 0.3) is 11.1 Å². The summed E-state index contributed by atoms with van der Waals surface area (Å²) in [5.41, 5.74) is 0.547. The Hall–Kier alpha value is -4.40. The normalized spacial score (nSPS) is 17.9. The van der Waals surface area contributed by atoms with Gasteiger partial charge in [0.2, 0.25) is 11.8 Å². The molecule has 12 heteroatoms. The molecule has 45 heavy (non-hydrogen) atoms. The minimum Gasteiger partial charge on any atom is -0.474 e. The molecular weight excluding hydrogens is 581 g/mol. The van der Waals surface area contributed by atoms with E-state index in [0.29, 0.717) is 62.3 Å². The second kappa shape index (κ2) is 14.6. The Balaban J connectivity index is 1.43. The number of hydrogen-bond donors (Lipinski definition) is 1. The molecule has 2 saturated heterocycles. The monoisotopic (exact) mass is 623 g/mol. The molecule has 2 unspecified atom stereocenters. The summed E-state index contributed by atoms with van der Waals surface area (Å²) in [5.74, 6) is -0.524. The van der Waals surface area contributed by atoms with E-state index in [1.807, 2.05) is 13.8 Å². The molecule has 0 spiro atoms. The Bertz CT molecular complexity index is 1400. The average Bonchev–Trinajstić information content (AvgIpc) is 3.46. The predicted molar refractivity (Wildman–Crippen MR) is 164 cm³/mol. The maximum absolute atomic E-state index is 15.6. The summed E-state index contributed by atoms with van der Waals surface area (Å²) in [6.45, 7) is 10.3. The number of carbonyl (C=O) groups is 3. The first-order valence-corrected chi connectivity index (χ1v) is 15.4. The number of aromatic nitrogens is 1. The van der Waals surface area contributed by atoms with E-state index in [-0.39, 0.29) is 36.2 Å². The molecule has 2 aromatic rings. The minimum absolute atomic E-state index is 0.0932. The number of ether oxygens (including phenoxy) is 3. The molecule has 242 valence electrons. The van der Waals surface area contributed by atoms with Crippen molar-refractivity contribution >= 4 is 18.1 Å². The highest BCUT2D eigenvalue weighted by Gasteiger charge is 2.32. The largest absolute Gasteiger partial charge is 0.474 e. The highest BCUT2D eigenvalue weighted by atomic mass is 19.1. The molecule has 3 heterocycles. The van der Waals surface area contributed by atoms with E-state index in [1.165, 1.54) is 17.0 Å². The third kappa shape index (κ3) is 9.30. The Morgan fingerprint density at radius 1 is 1.09 bits per heavy atom. The first-order chi connectivity index (χ1) is 21.3. The summed E-state index contributed by atoms with van der Waals surface area (Å²) >= 11 is 0. The molecule has 1 N–H and O–H groups in total. The van der Waals surface area contributed by atoms with Crippen molar-refractivity contribution in [3.8, 4) is 23.1 Å². The fourth-order valence-corrected chi connectivity index (χ4v) is 5.39. The van der Waals surface area contributed by atoms with Gasteiger partial charge in [0.15, 0.2) is 0 Å². The summed E-state index contributed by atoms with van der Waals surface area (Å²) in [7, 11) is 0. The number of benzene rings is 1. The molecule has 1 aromatic heterocycles. The Morgan fingerprint density at radius 3 is 2.40 bits per heavy atom. The number of nitrogens with one attached hydrogen (secondary N) is 1. The van der Waals surface area contributed by atoms with E-state index >= 15 is 4.39 Å². The van der Waals surface area contributed by atoms with Gasteiger partial charge in [0, 0.05) is 55.9 Å². The van der Waals surface area contributed by atoms with E-state index in [2.05, 4.69) is 16.4 Å². The Labute approximate surface area is 263 Å². The molecular formula is C33H42FN5O6. The van der Waals surface area contributed by atoms with Crippen LogP contribution < -0.4 is 10.1 Å². The van der Waals surface area contributed by atoms with Crippen molar-refractivity contribution in [2.24, 2.45) is 0 Å². The van der Waals surface area contributed by atoms with E-state index in [0.717, 1.165) is 0 Å². The number of pyridine rings is 1. The molecule has 2 aliphatic heterocycles. The van der Waals surface area contributed by atoms with Crippen LogP contribution in [-0.4, -0.2) is 76.4 Å². The van der Waals surface area contributed by atoms with Gasteiger partial charge < -0.3 is 29.3 Å². The number of likely N-dealkylation sites (tertiary alicyclic amines) is 2. The minimum atomic E-state index is -1.01. The molecule has 2 fully saturated rings. The molecule has 0 bridgehead atoms. The van der Waals surface area contributed by atoms with Gasteiger partial charge in [-0.3, -0.25) is 4.79 Å². The second-order valence-corrected chi connectivity index (χ2v) is 12.6. The summed E-state index contributed by atoms with van der Waals surface area (Å²) < 4.78 is 32.3. The number of piperidine rings is 1. The lowest BCUT2D eigenvalue weighted by Gasteiger charge is -2.31. The van der Waals surface area contributed by atoms with Crippen molar-refractivity contribution in [2.45, 2.75) is 96.6 Å². The Morgan fingerprint density at radius 2 is 1.80 bits per heavy atom. The number of nitriles is 1. The summed E-state index contributed by atoms with van der Waals surface area (Å²) in [6, 6.07) is 8.66. The molecule has 2 aliphatic rings. The first-order valence-electron chi connectivity index (χ1n) is 15.4. The molecule has 4 rings (SSSR count). The number of carbonyl (C=O) groups excluding carboxylic acids is 3. The first kappa shape index (κ1) is 33.5. The van der Waals surface area contributed by atoms with Crippen LogP contribution in [0.5, 0.6) is 5.88 Å². The van der Waals surface area contributed by atoms with Crippen LogP contribution >= 0.6 is 0 Å². The molecule has 0 saturated carbocycles. The number of halogens is 1. The quantitative estimate of drug-likeness (QED) is 0.393. The van der Waals surface area contributed by atoms with Gasteiger partial charge in [0.25, 0.3) is 0 Å². The zero-order chi connectivity index (χ0) is 32.7. The van der Waals surface area contributed by atoms with Crippen molar-refractivity contribution in [1.82, 2.24) is 20.1 Å². The second-order valence-electron chi connectivity index (χ2n) is 12.6. The Kier molecular flexibility index (Phi) is 10.9. The van der Waals surface area contributed by atoms with Crippen molar-refractivity contribution in [3.63, 3.8) is 0 Å². The van der Waals surface area contributed by atoms with E-state index < -0.39 is 29.6 Å². The van der Waals surface area contributed by atoms with Crippen LogP contribution in [0.15, 0.2) is 36.5 Å². The topological polar surface area (TPSA) is 134 Å². The fraction of sp³-hybridized carbons (Fsp3) is 0.545. The SMILES string of the molecule is CC(C)OC(=O)N1CCC(Oc2ccc(-c3ccc(C(CC(=O)N4CCCC4C#N)NC(=O)OC(C)(C)C)c(F)c3)cn2)CC1. The lowest BCUT2D eigenvalue weighted by Crippen LogP contribution is -2.42. The molecule has 1 aromatic carbocycles. The van der Waals surface area contributed by atoms with Crippen molar-refractivity contribution in [1.29, 1.82) is 5.26 Å². The van der Waals surface area contributed by atoms with Gasteiger partial charge in [-0.25, -0.2) is 19.0 Å². The van der Waals surface area contributed by atoms with Crippen LogP contribution in [0.1, 0.15) is 78.3 Å². The van der Waals surface area contributed by atoms with Crippen LogP contribution in [-0.2, 0) is 14.3 Å². The number of hydrogen-bond acceptors (Lipinski definition) is 8. The van der Waals surface area contributed by atoms with Gasteiger partial charge in [-0.05, 0) is 65.2 Å². The van der Waals surface area contributed by atoms with E-state index in [4.69, 9.17) is 14.2 Å². The summed E-state index contributed by atoms with van der Waals surface area (Å²) in [6.07, 6.45) is 2.61. The summed E-state index contributed by atoms with van der Waals surface area (Å²) in [4.78, 5) is 45.5.